The number of nitrogen functional groups attached to an aromatic ring is 1. The van der Waals surface area contributed by atoms with Gasteiger partial charge in [-0.15, -0.1) is 0 Å². The third kappa shape index (κ3) is 2.44. The number of nitrogens with two attached hydrogens (primary N) is 1. The van der Waals surface area contributed by atoms with Gasteiger partial charge >= 0.3 is 0 Å². The molecule has 2 rings (SSSR count). The predicted molar refractivity (Wildman–Crippen MR) is 69.2 cm³/mol. The minimum absolute atomic E-state index is 0.775. The summed E-state index contributed by atoms with van der Waals surface area (Å²) in [5.74, 6) is 0. The number of nitrogens with zero attached hydrogens (tertiary/aromatic N) is 2. The summed E-state index contributed by atoms with van der Waals surface area (Å²) in [5.41, 5.74) is 9.02. The van der Waals surface area contributed by atoms with E-state index < -0.39 is 0 Å². The van der Waals surface area contributed by atoms with Gasteiger partial charge in [-0.25, -0.2) is 0 Å². The fourth-order valence-corrected chi connectivity index (χ4v) is 2.19. The number of aromatic nitrogens is 2. The van der Waals surface area contributed by atoms with Crippen LogP contribution in [0.3, 0.4) is 0 Å². The summed E-state index contributed by atoms with van der Waals surface area (Å²) in [7, 11) is 1.92. The molecule has 0 bridgehead atoms. The first-order valence-electron chi connectivity index (χ1n) is 5.17. The average Bonchev–Trinajstić information content (AvgIpc) is 2.56. The highest BCUT2D eigenvalue weighted by Gasteiger charge is 2.05. The Morgan fingerprint density at radius 2 is 2.19 bits per heavy atom. The van der Waals surface area contributed by atoms with Crippen LogP contribution in [0.5, 0.6) is 0 Å². The van der Waals surface area contributed by atoms with Gasteiger partial charge in [-0.05, 0) is 30.5 Å². The summed E-state index contributed by atoms with van der Waals surface area (Å²) in [4.78, 5) is 0. The lowest BCUT2D eigenvalue weighted by Crippen LogP contribution is -2.02. The van der Waals surface area contributed by atoms with Crippen LogP contribution in [0.25, 0.3) is 0 Å². The van der Waals surface area contributed by atoms with Crippen molar-refractivity contribution in [3.05, 3.63) is 46.2 Å². The maximum absolute atomic E-state index is 5.84. The molecule has 0 amide bonds. The summed E-state index contributed by atoms with van der Waals surface area (Å²) in [6.45, 7) is 0. The molecule has 1 aromatic carbocycles. The Morgan fingerprint density at radius 3 is 2.81 bits per heavy atom. The Bertz CT molecular complexity index is 471. The average molecular weight is 280 g/mol. The smallest absolute Gasteiger partial charge is 0.0733 e. The lowest BCUT2D eigenvalue weighted by atomic mass is 10.1. The molecule has 1 heterocycles. The minimum Gasteiger partial charge on any atom is -0.396 e. The first-order valence-corrected chi connectivity index (χ1v) is 5.97. The number of hydrogen-bond donors (Lipinski definition) is 1. The standard InChI is InChI=1S/C12H14BrN3/c1-16-12(11(14)8-15-16)6-5-9-3-2-4-10(13)7-9/h2-4,7-8H,5-6,14H2,1H3. The van der Waals surface area contributed by atoms with Crippen molar-refractivity contribution in [2.75, 3.05) is 5.73 Å². The van der Waals surface area contributed by atoms with E-state index >= 15 is 0 Å². The van der Waals surface area contributed by atoms with E-state index in [2.05, 4.69) is 33.2 Å². The quantitative estimate of drug-likeness (QED) is 0.939. The van der Waals surface area contributed by atoms with Crippen LogP contribution < -0.4 is 5.73 Å². The molecule has 0 unspecified atom stereocenters. The van der Waals surface area contributed by atoms with Crippen molar-refractivity contribution in [3.63, 3.8) is 0 Å². The molecule has 0 saturated heterocycles. The molecule has 0 aliphatic rings. The molecule has 0 atom stereocenters. The number of aryl methyl sites for hydroxylation is 2. The highest BCUT2D eigenvalue weighted by molar-refractivity contribution is 9.10. The summed E-state index contributed by atoms with van der Waals surface area (Å²) in [6.07, 6.45) is 3.60. The summed E-state index contributed by atoms with van der Waals surface area (Å²) < 4.78 is 2.95. The molecule has 4 heteroatoms. The van der Waals surface area contributed by atoms with Crippen molar-refractivity contribution < 1.29 is 0 Å². The first kappa shape index (κ1) is 11.2. The van der Waals surface area contributed by atoms with Gasteiger partial charge in [-0.1, -0.05) is 28.1 Å². The van der Waals surface area contributed by atoms with Crippen LogP contribution in [0, 0.1) is 0 Å². The second-order valence-electron chi connectivity index (χ2n) is 3.80. The molecule has 0 radical (unpaired) electrons. The van der Waals surface area contributed by atoms with E-state index in [1.54, 1.807) is 6.20 Å². The van der Waals surface area contributed by atoms with Crippen molar-refractivity contribution >= 4 is 21.6 Å². The van der Waals surface area contributed by atoms with Crippen molar-refractivity contribution in [2.45, 2.75) is 12.8 Å². The van der Waals surface area contributed by atoms with E-state index in [1.165, 1.54) is 5.56 Å². The van der Waals surface area contributed by atoms with E-state index in [0.29, 0.717) is 0 Å². The largest absolute Gasteiger partial charge is 0.396 e. The van der Waals surface area contributed by atoms with Gasteiger partial charge in [0.25, 0.3) is 0 Å². The molecule has 0 aliphatic heterocycles. The molecule has 2 N–H and O–H groups in total. The number of benzene rings is 1. The van der Waals surface area contributed by atoms with E-state index in [-0.39, 0.29) is 0 Å². The highest BCUT2D eigenvalue weighted by atomic mass is 79.9. The summed E-state index contributed by atoms with van der Waals surface area (Å²) >= 11 is 3.47. The normalized spacial score (nSPS) is 10.6. The van der Waals surface area contributed by atoms with Gasteiger partial charge in [0.2, 0.25) is 0 Å². The highest BCUT2D eigenvalue weighted by Crippen LogP contribution is 2.16. The molecule has 0 aliphatic carbocycles. The fourth-order valence-electron chi connectivity index (χ4n) is 1.74. The molecule has 16 heavy (non-hydrogen) atoms. The van der Waals surface area contributed by atoms with Gasteiger partial charge in [0.1, 0.15) is 0 Å². The maximum Gasteiger partial charge on any atom is 0.0733 e. The SMILES string of the molecule is Cn1ncc(N)c1CCc1cccc(Br)c1. The number of rotatable bonds is 3. The van der Waals surface area contributed by atoms with Gasteiger partial charge in [-0.3, -0.25) is 4.68 Å². The molecule has 3 nitrogen and oxygen atoms in total. The monoisotopic (exact) mass is 279 g/mol. The second kappa shape index (κ2) is 4.70. The molecular formula is C12H14BrN3. The Labute approximate surface area is 103 Å². The molecular weight excluding hydrogens is 266 g/mol. The summed E-state index contributed by atoms with van der Waals surface area (Å²) in [5, 5.41) is 4.13. The van der Waals surface area contributed by atoms with Gasteiger partial charge in [0.15, 0.2) is 0 Å². The first-order chi connectivity index (χ1) is 7.66. The zero-order valence-electron chi connectivity index (χ0n) is 9.15. The number of halogens is 1. The Hall–Kier alpha value is -1.29. The van der Waals surface area contributed by atoms with Gasteiger partial charge in [0, 0.05) is 11.5 Å². The Morgan fingerprint density at radius 1 is 1.38 bits per heavy atom. The fraction of sp³-hybridized carbons (Fsp3) is 0.250. The zero-order valence-corrected chi connectivity index (χ0v) is 10.7. The minimum atomic E-state index is 0.775. The summed E-state index contributed by atoms with van der Waals surface area (Å²) in [6, 6.07) is 8.33. The van der Waals surface area contributed by atoms with Crippen LogP contribution in [0.4, 0.5) is 5.69 Å². The van der Waals surface area contributed by atoms with Crippen molar-refractivity contribution in [1.29, 1.82) is 0 Å². The van der Waals surface area contributed by atoms with Crippen molar-refractivity contribution in [2.24, 2.45) is 7.05 Å². The third-order valence-electron chi connectivity index (χ3n) is 2.63. The van der Waals surface area contributed by atoms with Gasteiger partial charge < -0.3 is 5.73 Å². The van der Waals surface area contributed by atoms with Crippen LogP contribution in [-0.2, 0) is 19.9 Å². The Balaban J connectivity index is 2.08. The number of anilines is 1. The maximum atomic E-state index is 5.84. The van der Waals surface area contributed by atoms with E-state index in [4.69, 9.17) is 5.73 Å². The third-order valence-corrected chi connectivity index (χ3v) is 3.13. The molecule has 2 aromatic rings. The van der Waals surface area contributed by atoms with Crippen LogP contribution >= 0.6 is 15.9 Å². The lowest BCUT2D eigenvalue weighted by Gasteiger charge is -2.04. The van der Waals surface area contributed by atoms with E-state index in [1.807, 2.05) is 23.9 Å². The predicted octanol–water partition coefficient (Wildman–Crippen LogP) is 2.55. The van der Waals surface area contributed by atoms with Crippen LogP contribution in [0.2, 0.25) is 0 Å². The van der Waals surface area contributed by atoms with E-state index in [9.17, 15) is 0 Å². The molecule has 84 valence electrons. The zero-order chi connectivity index (χ0) is 11.5. The molecule has 0 fully saturated rings. The van der Waals surface area contributed by atoms with Crippen molar-refractivity contribution in [1.82, 2.24) is 9.78 Å². The lowest BCUT2D eigenvalue weighted by molar-refractivity contribution is 0.704. The second-order valence-corrected chi connectivity index (χ2v) is 4.72. The molecule has 1 aromatic heterocycles. The Kier molecular flexibility index (Phi) is 3.29. The number of hydrogen-bond acceptors (Lipinski definition) is 2. The van der Waals surface area contributed by atoms with Crippen molar-refractivity contribution in [3.8, 4) is 0 Å². The van der Waals surface area contributed by atoms with Gasteiger partial charge in [0.05, 0.1) is 17.6 Å². The molecule has 0 spiro atoms. The van der Waals surface area contributed by atoms with E-state index in [0.717, 1.165) is 28.7 Å². The van der Waals surface area contributed by atoms with Crippen LogP contribution in [0.15, 0.2) is 34.9 Å². The van der Waals surface area contributed by atoms with Crippen LogP contribution in [-0.4, -0.2) is 9.78 Å². The van der Waals surface area contributed by atoms with Gasteiger partial charge in [-0.2, -0.15) is 5.10 Å². The molecule has 0 saturated carbocycles. The topological polar surface area (TPSA) is 43.8 Å². The van der Waals surface area contributed by atoms with Crippen LogP contribution in [0.1, 0.15) is 11.3 Å².